The Hall–Kier alpha value is -1.42. The van der Waals surface area contributed by atoms with E-state index in [0.717, 1.165) is 0 Å². The lowest BCUT2D eigenvalue weighted by molar-refractivity contribution is 0.0600. The van der Waals surface area contributed by atoms with Gasteiger partial charge in [0, 0.05) is 18.4 Å². The van der Waals surface area contributed by atoms with Crippen LogP contribution in [-0.2, 0) is 4.74 Å². The van der Waals surface area contributed by atoms with E-state index in [-0.39, 0.29) is 5.97 Å². The van der Waals surface area contributed by atoms with Crippen molar-refractivity contribution in [3.8, 4) is 0 Å². The molecular weight excluding hydrogens is 180 g/mol. The molecule has 0 saturated heterocycles. The lowest BCUT2D eigenvalue weighted by Gasteiger charge is -1.94. The molecule has 1 fully saturated rings. The molecule has 1 heterocycles. The average Bonchev–Trinajstić information content (AvgIpc) is 3.02. The van der Waals surface area contributed by atoms with Gasteiger partial charge in [-0.15, -0.1) is 0 Å². The Morgan fingerprint density at radius 1 is 1.64 bits per heavy atom. The van der Waals surface area contributed by atoms with Crippen LogP contribution >= 0.6 is 0 Å². The van der Waals surface area contributed by atoms with Crippen LogP contribution in [0.15, 0.2) is 24.5 Å². The Labute approximate surface area is 83.1 Å². The maximum atomic E-state index is 10.8. The van der Waals surface area contributed by atoms with Crippen LogP contribution in [0.1, 0.15) is 23.2 Å². The standard InChI is InChI=1S/C7H7NO2.C3H7N/c1-10-7(9)6-3-2-4-8-5-6;4-3-1-2-3/h2-5H,1H3;3H,1-2,4H2. The van der Waals surface area contributed by atoms with Gasteiger partial charge in [-0.1, -0.05) is 0 Å². The zero-order chi connectivity index (χ0) is 10.4. The number of aromatic nitrogens is 1. The fourth-order valence-corrected chi connectivity index (χ4v) is 0.698. The van der Waals surface area contributed by atoms with Gasteiger partial charge in [0.1, 0.15) is 0 Å². The van der Waals surface area contributed by atoms with E-state index in [1.54, 1.807) is 18.3 Å². The molecule has 2 N–H and O–H groups in total. The largest absolute Gasteiger partial charge is 0.465 e. The van der Waals surface area contributed by atoms with E-state index in [9.17, 15) is 4.79 Å². The van der Waals surface area contributed by atoms with Gasteiger partial charge >= 0.3 is 5.97 Å². The summed E-state index contributed by atoms with van der Waals surface area (Å²) in [6.45, 7) is 0. The number of carbonyl (C=O) groups is 1. The lowest BCUT2D eigenvalue weighted by atomic mass is 10.3. The summed E-state index contributed by atoms with van der Waals surface area (Å²) in [5.74, 6) is -0.354. The third-order valence-electron chi connectivity index (χ3n) is 1.70. The first-order valence-electron chi connectivity index (χ1n) is 4.48. The molecule has 0 unspecified atom stereocenters. The van der Waals surface area contributed by atoms with Crippen LogP contribution in [0.5, 0.6) is 0 Å². The molecule has 4 heteroatoms. The van der Waals surface area contributed by atoms with Crippen LogP contribution in [0.4, 0.5) is 0 Å². The number of hydrogen-bond donors (Lipinski definition) is 1. The predicted molar refractivity (Wildman–Crippen MR) is 52.8 cm³/mol. The number of nitrogens with two attached hydrogens (primary N) is 1. The maximum Gasteiger partial charge on any atom is 0.339 e. The lowest BCUT2D eigenvalue weighted by Crippen LogP contribution is -2.00. The first kappa shape index (κ1) is 10.7. The Morgan fingerprint density at radius 3 is 2.64 bits per heavy atom. The van der Waals surface area contributed by atoms with E-state index in [2.05, 4.69) is 9.72 Å². The quantitative estimate of drug-likeness (QED) is 0.677. The van der Waals surface area contributed by atoms with Crippen LogP contribution < -0.4 is 5.73 Å². The van der Waals surface area contributed by atoms with Gasteiger partial charge in [0.15, 0.2) is 0 Å². The first-order valence-corrected chi connectivity index (χ1v) is 4.48. The van der Waals surface area contributed by atoms with Crippen molar-refractivity contribution in [2.75, 3.05) is 7.11 Å². The van der Waals surface area contributed by atoms with Gasteiger partial charge in [-0.3, -0.25) is 4.98 Å². The topological polar surface area (TPSA) is 65.2 Å². The average molecular weight is 194 g/mol. The third-order valence-corrected chi connectivity index (χ3v) is 1.70. The fraction of sp³-hybridized carbons (Fsp3) is 0.400. The number of nitrogens with zero attached hydrogens (tertiary/aromatic N) is 1. The second-order valence-corrected chi connectivity index (χ2v) is 3.07. The van der Waals surface area contributed by atoms with Crippen molar-refractivity contribution < 1.29 is 9.53 Å². The number of esters is 1. The zero-order valence-electron chi connectivity index (χ0n) is 8.14. The van der Waals surface area contributed by atoms with Crippen molar-refractivity contribution in [3.05, 3.63) is 30.1 Å². The number of pyridine rings is 1. The Balaban J connectivity index is 0.000000203. The monoisotopic (exact) mass is 194 g/mol. The molecule has 1 aromatic rings. The van der Waals surface area contributed by atoms with Gasteiger partial charge in [-0.2, -0.15) is 0 Å². The zero-order valence-corrected chi connectivity index (χ0v) is 8.14. The van der Waals surface area contributed by atoms with E-state index < -0.39 is 0 Å². The SMILES string of the molecule is COC(=O)c1cccnc1.NC1CC1. The van der Waals surface area contributed by atoms with Crippen LogP contribution in [0.2, 0.25) is 0 Å². The van der Waals surface area contributed by atoms with Gasteiger partial charge in [0.2, 0.25) is 0 Å². The van der Waals surface area contributed by atoms with Crippen molar-refractivity contribution >= 4 is 5.97 Å². The van der Waals surface area contributed by atoms with E-state index >= 15 is 0 Å². The number of rotatable bonds is 1. The molecule has 2 rings (SSSR count). The van der Waals surface area contributed by atoms with Crippen LogP contribution in [-0.4, -0.2) is 24.1 Å². The second-order valence-electron chi connectivity index (χ2n) is 3.07. The fourth-order valence-electron chi connectivity index (χ4n) is 0.698. The van der Waals surface area contributed by atoms with Gasteiger partial charge in [-0.05, 0) is 25.0 Å². The van der Waals surface area contributed by atoms with Crippen LogP contribution in [0.25, 0.3) is 0 Å². The highest BCUT2D eigenvalue weighted by atomic mass is 16.5. The molecule has 0 spiro atoms. The molecule has 14 heavy (non-hydrogen) atoms. The number of ether oxygens (including phenoxy) is 1. The number of methoxy groups -OCH3 is 1. The van der Waals surface area contributed by atoms with E-state index in [4.69, 9.17) is 5.73 Å². The smallest absolute Gasteiger partial charge is 0.339 e. The van der Waals surface area contributed by atoms with E-state index in [1.807, 2.05) is 0 Å². The highest BCUT2D eigenvalue weighted by Crippen LogP contribution is 2.13. The third kappa shape index (κ3) is 4.00. The predicted octanol–water partition coefficient (Wildman–Crippen LogP) is 0.976. The molecule has 1 aliphatic carbocycles. The van der Waals surface area contributed by atoms with E-state index in [0.29, 0.717) is 11.6 Å². The van der Waals surface area contributed by atoms with Crippen LogP contribution in [0.3, 0.4) is 0 Å². The summed E-state index contributed by atoms with van der Waals surface area (Å²) in [5, 5.41) is 0. The Morgan fingerprint density at radius 2 is 2.29 bits per heavy atom. The molecule has 4 nitrogen and oxygen atoms in total. The molecule has 0 amide bonds. The summed E-state index contributed by atoms with van der Waals surface area (Å²) in [6, 6.07) is 3.92. The maximum absolute atomic E-state index is 10.8. The second kappa shape index (κ2) is 5.34. The van der Waals surface area contributed by atoms with Crippen LogP contribution in [0, 0.1) is 0 Å². The van der Waals surface area contributed by atoms with Crippen molar-refractivity contribution in [3.63, 3.8) is 0 Å². The molecule has 1 saturated carbocycles. The Bertz CT molecular complexity index is 283. The van der Waals surface area contributed by atoms with Crippen molar-refractivity contribution in [2.45, 2.75) is 18.9 Å². The highest BCUT2D eigenvalue weighted by Gasteiger charge is 2.13. The van der Waals surface area contributed by atoms with Crippen molar-refractivity contribution in [2.24, 2.45) is 5.73 Å². The van der Waals surface area contributed by atoms with Gasteiger partial charge in [0.25, 0.3) is 0 Å². The minimum absolute atomic E-state index is 0.354. The van der Waals surface area contributed by atoms with Gasteiger partial charge < -0.3 is 10.5 Å². The molecule has 0 aliphatic heterocycles. The molecule has 0 bridgehead atoms. The molecule has 0 aromatic carbocycles. The van der Waals surface area contributed by atoms with Crippen molar-refractivity contribution in [1.29, 1.82) is 0 Å². The minimum Gasteiger partial charge on any atom is -0.465 e. The molecule has 1 aliphatic rings. The summed E-state index contributed by atoms with van der Waals surface area (Å²) in [4.78, 5) is 14.5. The van der Waals surface area contributed by atoms with E-state index in [1.165, 1.54) is 26.1 Å². The van der Waals surface area contributed by atoms with Gasteiger partial charge in [0.05, 0.1) is 12.7 Å². The summed E-state index contributed by atoms with van der Waals surface area (Å²) in [6.07, 6.45) is 5.60. The summed E-state index contributed by atoms with van der Waals surface area (Å²) < 4.78 is 4.46. The summed E-state index contributed by atoms with van der Waals surface area (Å²) in [5.41, 5.74) is 5.70. The van der Waals surface area contributed by atoms with Crippen molar-refractivity contribution in [1.82, 2.24) is 4.98 Å². The number of hydrogen-bond acceptors (Lipinski definition) is 4. The minimum atomic E-state index is -0.354. The van der Waals surface area contributed by atoms with Gasteiger partial charge in [-0.25, -0.2) is 4.79 Å². The highest BCUT2D eigenvalue weighted by molar-refractivity contribution is 5.88. The number of carbonyl (C=O) groups excluding carboxylic acids is 1. The summed E-state index contributed by atoms with van der Waals surface area (Å²) in [7, 11) is 1.34. The molecule has 76 valence electrons. The Kier molecular flexibility index (Phi) is 4.07. The molecule has 0 atom stereocenters. The molecule has 1 aromatic heterocycles. The normalized spacial score (nSPS) is 13.9. The molecular formula is C10H14N2O2. The summed E-state index contributed by atoms with van der Waals surface area (Å²) >= 11 is 0. The molecule has 0 radical (unpaired) electrons. The first-order chi connectivity index (χ1) is 6.74.